The average molecular weight is 1220 g/mol. The average Bonchev–Trinajstić information content (AvgIpc) is 3.35. The van der Waals surface area contributed by atoms with Crippen molar-refractivity contribution < 1.29 is 55.2 Å². The van der Waals surface area contributed by atoms with Crippen LogP contribution in [0.1, 0.15) is 45.7 Å². The number of phenols is 1. The number of rotatable bonds is 14. The molecule has 8 aromatic rings. The zero-order valence-electron chi connectivity index (χ0n) is 40.2. The standard InChI is InChI=1S/2C26H22ClN3O6S.Ba/c2*1-3-36-18-10-8-17(9-11-18)28-26(32)20-13-16-6-4-5-7-19(16)24(25(20)31)30-29-22-14-21(27)23(12-15(22)2)37(33,34)35;/h2*4-14,31H,3H2,1-2H3,(H,28,32)(H,33,34,35);/q;;+2/p-2. The molecule has 2 amide bonds. The van der Waals surface area contributed by atoms with Gasteiger partial charge in [-0.2, -0.15) is 23.8 Å². The second kappa shape index (κ2) is 25.0. The Morgan fingerprint density at radius 1 is 0.600 bits per heavy atom. The molecule has 8 aromatic carbocycles. The van der Waals surface area contributed by atoms with Crippen LogP contribution in [0.2, 0.25) is 10.0 Å². The molecule has 0 spiro atoms. The molecule has 75 heavy (non-hydrogen) atoms. The van der Waals surface area contributed by atoms with Crippen LogP contribution in [-0.4, -0.2) is 105 Å². The summed E-state index contributed by atoms with van der Waals surface area (Å²) in [5.74, 6) is -0.898. The van der Waals surface area contributed by atoms with E-state index in [1.165, 1.54) is 31.2 Å². The minimum Gasteiger partial charge on any atom is -0.870 e. The second-order valence-electron chi connectivity index (χ2n) is 16.0. The van der Waals surface area contributed by atoms with Crippen molar-refractivity contribution in [3.63, 3.8) is 0 Å². The van der Waals surface area contributed by atoms with E-state index in [9.17, 15) is 45.7 Å². The molecule has 18 nitrogen and oxygen atoms in total. The van der Waals surface area contributed by atoms with Gasteiger partial charge in [0.2, 0.25) is 0 Å². The fourth-order valence-corrected chi connectivity index (χ4v) is 9.41. The molecule has 23 heteroatoms. The normalized spacial score (nSPS) is 11.5. The summed E-state index contributed by atoms with van der Waals surface area (Å²) in [5.41, 5.74) is 1.85. The quantitative estimate of drug-likeness (QED) is 0.0449. The minimum atomic E-state index is -4.78. The number of phenolic OH excluding ortho intramolecular Hbond substituents is 1. The van der Waals surface area contributed by atoms with Crippen LogP contribution in [-0.2, 0) is 20.2 Å². The number of ether oxygens (including phenoxy) is 2. The molecule has 0 aliphatic heterocycles. The first kappa shape index (κ1) is 57.9. The predicted molar refractivity (Wildman–Crippen MR) is 284 cm³/mol. The van der Waals surface area contributed by atoms with E-state index in [1.54, 1.807) is 110 Å². The molecule has 0 heterocycles. The van der Waals surface area contributed by atoms with Gasteiger partial charge in [-0.05, 0) is 135 Å². The number of fused-ring (bicyclic) bond motifs is 2. The maximum Gasteiger partial charge on any atom is 2.00 e. The molecule has 0 unspecified atom stereocenters. The molecule has 4 N–H and O–H groups in total. The number of hydrogen-bond donors (Lipinski definition) is 4. The van der Waals surface area contributed by atoms with Crippen molar-refractivity contribution in [1.29, 1.82) is 0 Å². The number of hydrogen-bond acceptors (Lipinski definition) is 15. The number of azo groups is 2. The third-order valence-corrected chi connectivity index (χ3v) is 13.5. The van der Waals surface area contributed by atoms with Crippen LogP contribution >= 0.6 is 23.2 Å². The van der Waals surface area contributed by atoms with Gasteiger partial charge in [0.05, 0.1) is 50.8 Å². The molecule has 0 aromatic heterocycles. The van der Waals surface area contributed by atoms with Gasteiger partial charge in [-0.15, -0.1) is 5.11 Å². The summed E-state index contributed by atoms with van der Waals surface area (Å²) in [4.78, 5) is 25.1. The van der Waals surface area contributed by atoms with E-state index in [2.05, 4.69) is 31.1 Å². The Morgan fingerprint density at radius 3 is 1.48 bits per heavy atom. The Bertz CT molecular complexity index is 3530. The van der Waals surface area contributed by atoms with E-state index < -0.39 is 47.6 Å². The first-order chi connectivity index (χ1) is 35.2. The third kappa shape index (κ3) is 14.1. The van der Waals surface area contributed by atoms with Crippen molar-refractivity contribution in [1.82, 2.24) is 0 Å². The number of carbonyl (C=O) groups excluding carboxylic acids is 2. The first-order valence-electron chi connectivity index (χ1n) is 22.1. The molecule has 0 aliphatic carbocycles. The molecule has 0 fully saturated rings. The summed E-state index contributed by atoms with van der Waals surface area (Å²) in [6.45, 7) is 7.85. The molecule has 380 valence electrons. The molecule has 0 bridgehead atoms. The molecule has 0 aliphatic rings. The van der Waals surface area contributed by atoms with Crippen LogP contribution in [0.5, 0.6) is 23.0 Å². The summed E-state index contributed by atoms with van der Waals surface area (Å²) < 4.78 is 77.3. The van der Waals surface area contributed by atoms with Crippen LogP contribution in [0.15, 0.2) is 164 Å². The number of carbonyl (C=O) groups is 2. The van der Waals surface area contributed by atoms with Gasteiger partial charge in [-0.1, -0.05) is 77.5 Å². The maximum absolute atomic E-state index is 13.3. The molecule has 0 atom stereocenters. The number of halogens is 2. The largest absolute Gasteiger partial charge is 2.00 e. The van der Waals surface area contributed by atoms with E-state index >= 15 is 0 Å². The van der Waals surface area contributed by atoms with Crippen molar-refractivity contribution in [2.75, 3.05) is 23.8 Å². The number of aromatic hydroxyl groups is 1. The van der Waals surface area contributed by atoms with Crippen molar-refractivity contribution in [3.8, 4) is 23.0 Å². The Labute approximate surface area is 481 Å². The topological polar surface area (TPSA) is 281 Å². The molecule has 0 radical (unpaired) electrons. The molecular formula is C52H42BaCl2N6O12S2. The van der Waals surface area contributed by atoms with Gasteiger partial charge in [0.25, 0.3) is 21.9 Å². The van der Waals surface area contributed by atoms with E-state index in [1.807, 2.05) is 13.8 Å². The van der Waals surface area contributed by atoms with Crippen LogP contribution in [0.3, 0.4) is 0 Å². The molecular weight excluding hydrogens is 1170 g/mol. The van der Waals surface area contributed by atoms with Crippen molar-refractivity contribution in [3.05, 3.63) is 166 Å². The summed E-state index contributed by atoms with van der Waals surface area (Å²) in [6.07, 6.45) is 0. The Morgan fingerprint density at radius 2 is 1.01 bits per heavy atom. The zero-order valence-corrected chi connectivity index (χ0v) is 47.7. The fourth-order valence-electron chi connectivity index (χ4n) is 7.27. The van der Waals surface area contributed by atoms with Gasteiger partial charge >= 0.3 is 48.9 Å². The van der Waals surface area contributed by atoms with Gasteiger partial charge in [-0.3, -0.25) is 14.1 Å². The van der Waals surface area contributed by atoms with Gasteiger partial charge in [0.15, 0.2) is 5.75 Å². The number of nitrogens with zero attached hydrogens (tertiary/aromatic N) is 4. The Balaban J connectivity index is 0.000000241. The minimum absolute atomic E-state index is 0. The van der Waals surface area contributed by atoms with Crippen molar-refractivity contribution in [2.24, 2.45) is 20.5 Å². The fraction of sp³-hybridized carbons (Fsp3) is 0.115. The molecule has 0 saturated heterocycles. The van der Waals surface area contributed by atoms with E-state index in [0.29, 0.717) is 68.8 Å². The van der Waals surface area contributed by atoms with E-state index in [0.717, 1.165) is 6.07 Å². The Kier molecular flexibility index (Phi) is 19.3. The van der Waals surface area contributed by atoms with Crippen LogP contribution < -0.4 is 25.2 Å². The van der Waals surface area contributed by atoms with Gasteiger partial charge in [-0.25, -0.2) is 8.42 Å². The number of anilines is 2. The predicted octanol–water partition coefficient (Wildman–Crippen LogP) is 12.3. The summed E-state index contributed by atoms with van der Waals surface area (Å²) >= 11 is 12.0. The number of benzene rings is 8. The van der Waals surface area contributed by atoms with Crippen LogP contribution in [0, 0.1) is 13.8 Å². The number of aryl methyl sites for hydroxylation is 2. The van der Waals surface area contributed by atoms with Crippen molar-refractivity contribution >= 4 is 160 Å². The number of amides is 2. The van der Waals surface area contributed by atoms with E-state index in [-0.39, 0.29) is 98.6 Å². The summed E-state index contributed by atoms with van der Waals surface area (Å²) in [5, 5.41) is 48.0. The summed E-state index contributed by atoms with van der Waals surface area (Å²) in [6, 6.07) is 35.2. The smallest absolute Gasteiger partial charge is 0.870 e. The van der Waals surface area contributed by atoms with Gasteiger partial charge in [0.1, 0.15) is 32.2 Å². The SMILES string of the molecule is CCOc1ccc(NC(=O)c2cc3ccccc3c(N=Nc3cc(Cl)c(S(=O)(=O)O)cc3C)c2O)cc1.CCOc1ccc(NC(=O)c2cc3ccccc3c(N=Nc3cc(Cl)c(S(=O)(=O)[O-])cc3C)c2[O-])cc1.[Ba+2]. The van der Waals surface area contributed by atoms with Crippen LogP contribution in [0.25, 0.3) is 21.5 Å². The Hall–Kier alpha value is -6.41. The summed E-state index contributed by atoms with van der Waals surface area (Å²) in [7, 11) is -9.30. The van der Waals surface area contributed by atoms with Crippen LogP contribution in [0.4, 0.5) is 34.1 Å². The number of nitrogens with one attached hydrogen (secondary N) is 2. The van der Waals surface area contributed by atoms with E-state index in [4.69, 9.17) is 32.7 Å². The first-order valence-corrected chi connectivity index (χ1v) is 25.7. The third-order valence-electron chi connectivity index (χ3n) is 10.9. The zero-order chi connectivity index (χ0) is 53.5. The van der Waals surface area contributed by atoms with Crippen molar-refractivity contribution in [2.45, 2.75) is 37.5 Å². The molecule has 8 rings (SSSR count). The monoisotopic (exact) mass is 1210 g/mol. The maximum atomic E-state index is 13.3. The second-order valence-corrected chi connectivity index (χ2v) is 19.5. The van der Waals surface area contributed by atoms with Gasteiger partial charge in [0, 0.05) is 27.7 Å². The molecule has 0 saturated carbocycles. The van der Waals surface area contributed by atoms with Gasteiger partial charge < -0.3 is 34.9 Å².